The van der Waals surface area contributed by atoms with E-state index in [1.807, 2.05) is 0 Å². The number of pyridine rings is 1. The van der Waals surface area contributed by atoms with Crippen LogP contribution < -0.4 is 4.74 Å². The van der Waals surface area contributed by atoms with Gasteiger partial charge in [-0.25, -0.2) is 14.5 Å². The molecule has 0 N–H and O–H groups in total. The van der Waals surface area contributed by atoms with Crippen LogP contribution >= 0.6 is 11.6 Å². The summed E-state index contributed by atoms with van der Waals surface area (Å²) >= 11 is 6.09. The zero-order valence-corrected chi connectivity index (χ0v) is 14.5. The first-order valence-corrected chi connectivity index (χ1v) is 7.82. The van der Waals surface area contributed by atoms with Crippen LogP contribution in [0.1, 0.15) is 37.6 Å². The molecule has 6 nitrogen and oxygen atoms in total. The predicted octanol–water partition coefficient (Wildman–Crippen LogP) is 3.61. The Labute approximate surface area is 144 Å². The minimum Gasteiger partial charge on any atom is -0.477 e. The molecule has 0 aromatic carbocycles. The van der Waals surface area contributed by atoms with Gasteiger partial charge in [0.15, 0.2) is 5.82 Å². The van der Waals surface area contributed by atoms with Crippen molar-refractivity contribution in [2.75, 3.05) is 13.3 Å². The molecule has 0 spiro atoms. The maximum absolute atomic E-state index is 12.1. The molecule has 0 saturated heterocycles. The summed E-state index contributed by atoms with van der Waals surface area (Å²) in [6, 6.07) is 4.77. The average Bonchev–Trinajstić information content (AvgIpc) is 2.94. The monoisotopic (exact) mass is 355 g/mol. The second kappa shape index (κ2) is 7.61. The minimum absolute atomic E-state index is 0.0251. The summed E-state index contributed by atoms with van der Waals surface area (Å²) in [4.78, 5) is 16.2. The Balaban J connectivity index is 2.13. The number of hydrogen-bond acceptors (Lipinski definition) is 5. The second-order valence-corrected chi connectivity index (χ2v) is 6.36. The van der Waals surface area contributed by atoms with Gasteiger partial charge in [0.05, 0.1) is 18.8 Å². The number of alkyl halides is 1. The Morgan fingerprint density at radius 2 is 2.08 bits per heavy atom. The Morgan fingerprint density at radius 3 is 2.71 bits per heavy atom. The van der Waals surface area contributed by atoms with E-state index in [0.717, 1.165) is 0 Å². The summed E-state index contributed by atoms with van der Waals surface area (Å²) in [6.07, 6.45) is 1.94. The Kier molecular flexibility index (Phi) is 5.77. The van der Waals surface area contributed by atoms with Gasteiger partial charge in [0.25, 0.3) is 0 Å². The van der Waals surface area contributed by atoms with E-state index >= 15 is 0 Å². The third kappa shape index (κ3) is 4.92. The van der Waals surface area contributed by atoms with Gasteiger partial charge < -0.3 is 9.47 Å². The maximum atomic E-state index is 12.1. The molecule has 0 aliphatic rings. The van der Waals surface area contributed by atoms with Gasteiger partial charge >= 0.3 is 5.97 Å². The maximum Gasteiger partial charge on any atom is 0.341 e. The number of carbonyl (C=O) groups excluding carboxylic acids is 1. The summed E-state index contributed by atoms with van der Waals surface area (Å²) in [6.45, 7) is 5.13. The fourth-order valence-corrected chi connectivity index (χ4v) is 2.01. The van der Waals surface area contributed by atoms with Crippen LogP contribution in [0.15, 0.2) is 24.4 Å². The SMILES string of the molecule is CC(C)(C)OC(=O)c1ccc(-n2ccc(OCCCF)n2)nc1Cl. The number of aromatic nitrogens is 3. The van der Waals surface area contributed by atoms with Crippen LogP contribution in [0.5, 0.6) is 5.88 Å². The first-order chi connectivity index (χ1) is 11.3. The number of nitrogens with zero attached hydrogens (tertiary/aromatic N) is 3. The number of ether oxygens (including phenoxy) is 2. The van der Waals surface area contributed by atoms with Crippen LogP contribution in [-0.4, -0.2) is 39.6 Å². The summed E-state index contributed by atoms with van der Waals surface area (Å²) in [5, 5.41) is 4.19. The fourth-order valence-electron chi connectivity index (χ4n) is 1.78. The van der Waals surface area contributed by atoms with Crippen LogP contribution in [0.4, 0.5) is 4.39 Å². The van der Waals surface area contributed by atoms with Crippen LogP contribution in [0.3, 0.4) is 0 Å². The zero-order valence-electron chi connectivity index (χ0n) is 13.8. The van der Waals surface area contributed by atoms with Gasteiger partial charge in [0, 0.05) is 18.7 Å². The van der Waals surface area contributed by atoms with Crippen molar-refractivity contribution in [1.29, 1.82) is 0 Å². The quantitative estimate of drug-likeness (QED) is 0.450. The van der Waals surface area contributed by atoms with E-state index in [-0.39, 0.29) is 17.3 Å². The minimum atomic E-state index is -0.618. The highest BCUT2D eigenvalue weighted by Gasteiger charge is 2.21. The molecule has 0 amide bonds. The Bertz CT molecular complexity index is 713. The third-order valence-corrected chi connectivity index (χ3v) is 3.07. The molecule has 8 heteroatoms. The molecule has 0 unspecified atom stereocenters. The first-order valence-electron chi connectivity index (χ1n) is 7.45. The van der Waals surface area contributed by atoms with Crippen molar-refractivity contribution in [3.63, 3.8) is 0 Å². The van der Waals surface area contributed by atoms with E-state index in [1.165, 1.54) is 10.7 Å². The molecular weight excluding hydrogens is 337 g/mol. The van der Waals surface area contributed by atoms with Gasteiger partial charge in [-0.15, -0.1) is 5.10 Å². The van der Waals surface area contributed by atoms with E-state index in [2.05, 4.69) is 10.1 Å². The molecule has 2 heterocycles. The average molecular weight is 356 g/mol. The van der Waals surface area contributed by atoms with Gasteiger partial charge in [0.1, 0.15) is 10.8 Å². The lowest BCUT2D eigenvalue weighted by Crippen LogP contribution is -2.24. The smallest absolute Gasteiger partial charge is 0.341 e. The summed E-state index contributed by atoms with van der Waals surface area (Å²) in [7, 11) is 0. The Hall–Kier alpha value is -2.15. The van der Waals surface area contributed by atoms with E-state index in [4.69, 9.17) is 21.1 Å². The highest BCUT2D eigenvalue weighted by atomic mass is 35.5. The van der Waals surface area contributed by atoms with E-state index in [0.29, 0.717) is 18.1 Å². The van der Waals surface area contributed by atoms with Crippen LogP contribution in [0.25, 0.3) is 5.82 Å². The highest BCUT2D eigenvalue weighted by Crippen LogP contribution is 2.20. The molecule has 0 radical (unpaired) electrons. The van der Waals surface area contributed by atoms with Gasteiger partial charge in [-0.05, 0) is 32.9 Å². The van der Waals surface area contributed by atoms with Gasteiger partial charge in [-0.3, -0.25) is 4.39 Å². The predicted molar refractivity (Wildman–Crippen MR) is 87.6 cm³/mol. The Morgan fingerprint density at radius 1 is 1.33 bits per heavy atom. The molecule has 0 atom stereocenters. The third-order valence-electron chi connectivity index (χ3n) is 2.78. The van der Waals surface area contributed by atoms with Crippen LogP contribution in [0, 0.1) is 0 Å². The second-order valence-electron chi connectivity index (χ2n) is 6.00. The van der Waals surface area contributed by atoms with Gasteiger partial charge in [-0.1, -0.05) is 11.6 Å². The van der Waals surface area contributed by atoms with Crippen molar-refractivity contribution in [2.24, 2.45) is 0 Å². The van der Waals surface area contributed by atoms with E-state index in [1.54, 1.807) is 39.1 Å². The molecule has 0 bridgehead atoms. The first kappa shape index (κ1) is 18.2. The van der Waals surface area contributed by atoms with Gasteiger partial charge in [0.2, 0.25) is 5.88 Å². The molecule has 2 aromatic heterocycles. The zero-order chi connectivity index (χ0) is 17.7. The van der Waals surface area contributed by atoms with Crippen molar-refractivity contribution >= 4 is 17.6 Å². The largest absolute Gasteiger partial charge is 0.477 e. The molecule has 0 saturated carbocycles. The van der Waals surface area contributed by atoms with Crippen molar-refractivity contribution in [3.05, 3.63) is 35.1 Å². The molecule has 0 aliphatic heterocycles. The fraction of sp³-hybridized carbons (Fsp3) is 0.438. The molecular formula is C16H19ClFN3O3. The van der Waals surface area contributed by atoms with E-state index in [9.17, 15) is 9.18 Å². The number of hydrogen-bond donors (Lipinski definition) is 0. The summed E-state index contributed by atoms with van der Waals surface area (Å²) in [5.41, 5.74) is -0.436. The summed E-state index contributed by atoms with van der Waals surface area (Å²) in [5.74, 6) is 0.243. The molecule has 2 rings (SSSR count). The standard InChI is InChI=1S/C16H19ClFN3O3/c1-16(2,3)24-15(22)11-5-6-12(19-14(11)17)21-9-7-13(20-21)23-10-4-8-18/h5-7,9H,4,8,10H2,1-3H3. The normalized spacial score (nSPS) is 11.4. The van der Waals surface area contributed by atoms with E-state index < -0.39 is 18.2 Å². The number of carbonyl (C=O) groups is 1. The molecule has 0 fully saturated rings. The lowest BCUT2D eigenvalue weighted by atomic mass is 10.2. The number of halogens is 2. The molecule has 2 aromatic rings. The van der Waals surface area contributed by atoms with Crippen LogP contribution in [0.2, 0.25) is 5.15 Å². The van der Waals surface area contributed by atoms with Crippen molar-refractivity contribution < 1.29 is 18.7 Å². The highest BCUT2D eigenvalue weighted by molar-refractivity contribution is 6.32. The van der Waals surface area contributed by atoms with Crippen molar-refractivity contribution in [1.82, 2.24) is 14.8 Å². The summed E-state index contributed by atoms with van der Waals surface area (Å²) < 4.78 is 24.1. The number of rotatable bonds is 6. The van der Waals surface area contributed by atoms with Gasteiger partial charge in [-0.2, -0.15) is 0 Å². The molecule has 24 heavy (non-hydrogen) atoms. The lowest BCUT2D eigenvalue weighted by molar-refractivity contribution is 0.00693. The molecule has 130 valence electrons. The van der Waals surface area contributed by atoms with Crippen molar-refractivity contribution in [2.45, 2.75) is 32.8 Å². The lowest BCUT2D eigenvalue weighted by Gasteiger charge is -2.19. The molecule has 0 aliphatic carbocycles. The van der Waals surface area contributed by atoms with Crippen molar-refractivity contribution in [3.8, 4) is 11.7 Å². The number of esters is 1. The topological polar surface area (TPSA) is 66.2 Å². The van der Waals surface area contributed by atoms with Crippen LogP contribution in [-0.2, 0) is 4.74 Å².